The van der Waals surface area contributed by atoms with Gasteiger partial charge in [0, 0.05) is 44.6 Å². The molecular formula is C25H43F6N7O4S. The third kappa shape index (κ3) is 10.5. The molecule has 2 saturated carbocycles. The van der Waals surface area contributed by atoms with Gasteiger partial charge in [0.15, 0.2) is 6.35 Å². The van der Waals surface area contributed by atoms with Gasteiger partial charge in [-0.1, -0.05) is 10.6 Å². The van der Waals surface area contributed by atoms with Gasteiger partial charge in [-0.15, -0.1) is 4.31 Å². The maximum absolute atomic E-state index is 13.4. The van der Waals surface area contributed by atoms with E-state index in [1.54, 1.807) is 0 Å². The number of amides is 1. The number of hydrogen-bond acceptors (Lipinski definition) is 9. The number of ether oxygens (including phenoxy) is 1. The van der Waals surface area contributed by atoms with E-state index in [1.807, 2.05) is 0 Å². The largest absolute Gasteiger partial charge is 0.597 e. The van der Waals surface area contributed by atoms with Gasteiger partial charge in [0.25, 0.3) is 0 Å². The van der Waals surface area contributed by atoms with Crippen LogP contribution in [0.4, 0.5) is 26.3 Å². The van der Waals surface area contributed by atoms with Crippen LogP contribution in [0.3, 0.4) is 0 Å². The highest BCUT2D eigenvalue weighted by molar-refractivity contribution is 7.96. The van der Waals surface area contributed by atoms with Crippen molar-refractivity contribution in [2.45, 2.75) is 126 Å². The van der Waals surface area contributed by atoms with Crippen LogP contribution in [0.25, 0.3) is 0 Å². The second-order valence-electron chi connectivity index (χ2n) is 12.0. The van der Waals surface area contributed by atoms with Gasteiger partial charge < -0.3 is 14.6 Å². The van der Waals surface area contributed by atoms with E-state index in [-0.39, 0.29) is 43.9 Å². The number of piperidine rings is 1. The van der Waals surface area contributed by atoms with Gasteiger partial charge in [0.1, 0.15) is 34.8 Å². The molecule has 18 heteroatoms. The molecule has 0 aromatic heterocycles. The fourth-order valence-electron chi connectivity index (χ4n) is 6.51. The molecule has 4 rings (SSSR count). The van der Waals surface area contributed by atoms with Crippen LogP contribution in [0.2, 0.25) is 0 Å². The van der Waals surface area contributed by atoms with Crippen molar-refractivity contribution in [2.24, 2.45) is 5.92 Å². The highest BCUT2D eigenvalue weighted by Crippen LogP contribution is 2.37. The van der Waals surface area contributed by atoms with Gasteiger partial charge in [-0.2, -0.15) is 26.3 Å². The molecule has 0 spiro atoms. The lowest BCUT2D eigenvalue weighted by Crippen LogP contribution is -2.76. The SMILES string of the molecule is CC(=O)NC1CCCC([S+](=O)([O-])N2CCC(NC3NC(NC4CCCC(C(F)(F)F)C4)NC(OCC(F)(F)F)N3)CC2)C1. The fraction of sp³-hybridized carbons (Fsp3) is 0.960. The second kappa shape index (κ2) is 14.5. The molecule has 0 aromatic carbocycles. The molecule has 250 valence electrons. The van der Waals surface area contributed by atoms with E-state index < -0.39 is 65.5 Å². The fourth-order valence-corrected chi connectivity index (χ4v) is 8.59. The van der Waals surface area contributed by atoms with Crippen molar-refractivity contribution in [1.29, 1.82) is 0 Å². The zero-order chi connectivity index (χ0) is 31.4. The summed E-state index contributed by atoms with van der Waals surface area (Å²) in [6.07, 6.45) is -7.80. The zero-order valence-electron chi connectivity index (χ0n) is 24.1. The third-order valence-electron chi connectivity index (χ3n) is 8.59. The Kier molecular flexibility index (Phi) is 11.7. The number of halogens is 6. The number of rotatable bonds is 9. The number of carbonyl (C=O) groups is 1. The molecule has 2 aliphatic heterocycles. The molecule has 2 saturated heterocycles. The van der Waals surface area contributed by atoms with E-state index in [1.165, 1.54) is 11.2 Å². The van der Waals surface area contributed by atoms with E-state index in [0.29, 0.717) is 44.9 Å². The summed E-state index contributed by atoms with van der Waals surface area (Å²) in [5, 5.41) is 17.3. The monoisotopic (exact) mass is 651 g/mol. The molecule has 2 heterocycles. The van der Waals surface area contributed by atoms with Crippen LogP contribution >= 0.6 is 0 Å². The Bertz CT molecular complexity index is 971. The zero-order valence-corrected chi connectivity index (χ0v) is 24.9. The molecule has 43 heavy (non-hydrogen) atoms. The molecule has 4 fully saturated rings. The summed E-state index contributed by atoms with van der Waals surface area (Å²) in [5.41, 5.74) is 0. The summed E-state index contributed by atoms with van der Waals surface area (Å²) in [5.74, 6) is -1.64. The Labute approximate surface area is 248 Å². The van der Waals surface area contributed by atoms with Crippen molar-refractivity contribution in [1.82, 2.24) is 36.2 Å². The summed E-state index contributed by atoms with van der Waals surface area (Å²) in [6.45, 7) is 0.382. The van der Waals surface area contributed by atoms with Crippen LogP contribution in [0, 0.1) is 5.92 Å². The predicted octanol–water partition coefficient (Wildman–Crippen LogP) is 1.96. The minimum Gasteiger partial charge on any atom is -0.597 e. The summed E-state index contributed by atoms with van der Waals surface area (Å²) in [6, 6.07) is -0.878. The van der Waals surface area contributed by atoms with Gasteiger partial charge in [-0.25, -0.2) is 0 Å². The molecule has 6 N–H and O–H groups in total. The number of alkyl halides is 6. The van der Waals surface area contributed by atoms with Crippen LogP contribution in [0.15, 0.2) is 0 Å². The van der Waals surface area contributed by atoms with Crippen LogP contribution in [0.5, 0.6) is 0 Å². The van der Waals surface area contributed by atoms with Crippen LogP contribution in [-0.4, -0.2) is 89.1 Å². The first kappa shape index (κ1) is 34.7. The van der Waals surface area contributed by atoms with E-state index in [9.17, 15) is 39.9 Å². The Morgan fingerprint density at radius 1 is 0.884 bits per heavy atom. The van der Waals surface area contributed by atoms with Crippen molar-refractivity contribution in [3.8, 4) is 0 Å². The summed E-state index contributed by atoms with van der Waals surface area (Å²) in [7, 11) is -3.58. The molecule has 0 bridgehead atoms. The molecule has 11 nitrogen and oxygen atoms in total. The van der Waals surface area contributed by atoms with Crippen molar-refractivity contribution >= 4 is 16.3 Å². The minimum atomic E-state index is -4.58. The Balaban J connectivity index is 1.31. The first-order valence-electron chi connectivity index (χ1n) is 14.9. The summed E-state index contributed by atoms with van der Waals surface area (Å²) in [4.78, 5) is 11.4. The molecule has 0 aromatic rings. The van der Waals surface area contributed by atoms with E-state index in [0.717, 1.165) is 6.42 Å². The average Bonchev–Trinajstić information content (AvgIpc) is 2.91. The molecule has 4 aliphatic rings. The summed E-state index contributed by atoms with van der Waals surface area (Å²) >= 11 is 0. The van der Waals surface area contributed by atoms with E-state index in [4.69, 9.17) is 4.74 Å². The van der Waals surface area contributed by atoms with E-state index in [2.05, 4.69) is 31.9 Å². The number of carbonyl (C=O) groups excluding carboxylic acids is 1. The van der Waals surface area contributed by atoms with Gasteiger partial charge in [-0.05, 0) is 51.4 Å². The average molecular weight is 652 g/mol. The molecule has 0 radical (unpaired) electrons. The van der Waals surface area contributed by atoms with Crippen LogP contribution < -0.4 is 31.9 Å². The maximum atomic E-state index is 13.4. The number of nitrogens with zero attached hydrogens (tertiary/aromatic N) is 1. The lowest BCUT2D eigenvalue weighted by molar-refractivity contribution is -0.199. The van der Waals surface area contributed by atoms with Gasteiger partial charge >= 0.3 is 12.4 Å². The highest BCUT2D eigenvalue weighted by Gasteiger charge is 2.44. The quantitative estimate of drug-likeness (QED) is 0.163. The summed E-state index contributed by atoms with van der Waals surface area (Å²) < 4.78 is 112. The number of hydrogen-bond donors (Lipinski definition) is 6. The van der Waals surface area contributed by atoms with E-state index >= 15 is 0 Å². The Morgan fingerprint density at radius 2 is 1.49 bits per heavy atom. The smallest absolute Gasteiger partial charge is 0.411 e. The van der Waals surface area contributed by atoms with Gasteiger partial charge in [-0.3, -0.25) is 31.4 Å². The molecule has 2 aliphatic carbocycles. The lowest BCUT2D eigenvalue weighted by atomic mass is 9.85. The van der Waals surface area contributed by atoms with Crippen molar-refractivity contribution in [3.63, 3.8) is 0 Å². The standard InChI is InChI=1S/C25H43F6N7O4S/c1-15(39)32-19-6-3-7-20(13-19)43(40,41)38-10-8-17(9-11-38)33-21-35-22(37-23(36-21)42-14-24(26,27)28)34-18-5-2-4-16(12-18)25(29,30)31/h16-23,33-37H,2-14H2,1H3,(H-,32,39,40,41). The van der Waals surface area contributed by atoms with Crippen molar-refractivity contribution < 1.29 is 44.6 Å². The minimum absolute atomic E-state index is 0.0430. The first-order valence-corrected chi connectivity index (χ1v) is 16.4. The maximum Gasteiger partial charge on any atom is 0.411 e. The van der Waals surface area contributed by atoms with Gasteiger partial charge in [0.2, 0.25) is 5.91 Å². The lowest BCUT2D eigenvalue weighted by Gasteiger charge is -2.44. The number of nitrogens with one attached hydrogen (secondary N) is 6. The van der Waals surface area contributed by atoms with Crippen LogP contribution in [0.1, 0.15) is 71.1 Å². The van der Waals surface area contributed by atoms with Crippen molar-refractivity contribution in [3.05, 3.63) is 0 Å². The molecule has 8 unspecified atom stereocenters. The van der Waals surface area contributed by atoms with Gasteiger partial charge in [0.05, 0.1) is 5.92 Å². The molecule has 8 atom stereocenters. The third-order valence-corrected chi connectivity index (χ3v) is 10.9. The predicted molar refractivity (Wildman–Crippen MR) is 144 cm³/mol. The normalized spacial score (nSPS) is 35.3. The molecular weight excluding hydrogens is 608 g/mol. The number of sulfonamides is 1. The Morgan fingerprint density at radius 3 is 2.09 bits per heavy atom. The highest BCUT2D eigenvalue weighted by atomic mass is 32.3. The second-order valence-corrected chi connectivity index (χ2v) is 14.2. The Hall–Kier alpha value is -1.12. The first-order chi connectivity index (χ1) is 20.1. The van der Waals surface area contributed by atoms with Crippen LogP contribution in [-0.2, 0) is 24.1 Å². The topological polar surface area (TPSA) is 142 Å². The molecule has 1 amide bonds. The van der Waals surface area contributed by atoms with Crippen molar-refractivity contribution in [2.75, 3.05) is 19.7 Å².